The maximum absolute atomic E-state index is 10.9. The molecule has 0 atom stereocenters. The van der Waals surface area contributed by atoms with E-state index >= 15 is 0 Å². The molecule has 0 radical (unpaired) electrons. The van der Waals surface area contributed by atoms with Gasteiger partial charge in [-0.25, -0.2) is 4.79 Å². The summed E-state index contributed by atoms with van der Waals surface area (Å²) in [6, 6.07) is 1.80. The molecule has 1 fully saturated rings. The molecule has 1 aliphatic rings. The number of carboxylic acid groups (broad SMARTS) is 1. The Balaban J connectivity index is 1.89. The van der Waals surface area contributed by atoms with Crippen molar-refractivity contribution in [3.05, 3.63) is 23.2 Å². The molecule has 1 aromatic heterocycles. The maximum atomic E-state index is 10.9. The molecule has 0 aromatic carbocycles. The van der Waals surface area contributed by atoms with Gasteiger partial charge < -0.3 is 14.6 Å². The lowest BCUT2D eigenvalue weighted by Gasteiger charge is -2.33. The summed E-state index contributed by atoms with van der Waals surface area (Å²) in [5.41, 5.74) is 0.668. The van der Waals surface area contributed by atoms with Crippen LogP contribution in [0.2, 0.25) is 0 Å². The Morgan fingerprint density at radius 3 is 2.47 bits per heavy atom. The Bertz CT molecular complexity index is 436. The largest absolute Gasteiger partial charge is 0.475 e. The predicted molar refractivity (Wildman–Crippen MR) is 69.2 cm³/mol. The van der Waals surface area contributed by atoms with Crippen molar-refractivity contribution in [2.45, 2.75) is 13.5 Å². The molecule has 1 aliphatic heterocycles. The molecule has 0 unspecified atom stereocenters. The number of nitrogens with zero attached hydrogens (tertiary/aromatic N) is 2. The van der Waals surface area contributed by atoms with Crippen molar-refractivity contribution in [1.82, 2.24) is 9.80 Å². The van der Waals surface area contributed by atoms with E-state index < -0.39 is 5.97 Å². The number of aliphatic hydroxyl groups excluding tert-OH is 1. The predicted octanol–water partition coefficient (Wildman–Crippen LogP) is 0.396. The summed E-state index contributed by atoms with van der Waals surface area (Å²) in [5, 5.41) is 17.8. The molecular weight excluding hydrogens is 248 g/mol. The molecule has 106 valence electrons. The van der Waals surface area contributed by atoms with Crippen molar-refractivity contribution in [2.75, 3.05) is 39.3 Å². The third kappa shape index (κ3) is 3.56. The smallest absolute Gasteiger partial charge is 0.372 e. The average Bonchev–Trinajstić information content (AvgIpc) is 2.73. The molecule has 2 N–H and O–H groups in total. The van der Waals surface area contributed by atoms with E-state index in [1.165, 1.54) is 0 Å². The van der Waals surface area contributed by atoms with E-state index in [1.54, 1.807) is 13.0 Å². The van der Waals surface area contributed by atoms with Crippen LogP contribution in [-0.4, -0.2) is 65.3 Å². The number of hydrogen-bond acceptors (Lipinski definition) is 5. The van der Waals surface area contributed by atoms with Gasteiger partial charge in [0.25, 0.3) is 0 Å². The minimum atomic E-state index is -1.02. The molecule has 2 heterocycles. The average molecular weight is 268 g/mol. The summed E-state index contributed by atoms with van der Waals surface area (Å²) >= 11 is 0. The minimum absolute atomic E-state index is 0.0360. The van der Waals surface area contributed by atoms with Gasteiger partial charge in [-0.1, -0.05) is 0 Å². The fourth-order valence-corrected chi connectivity index (χ4v) is 2.37. The molecule has 0 saturated carbocycles. The SMILES string of the molecule is Cc1cc(CN2CCN(CCO)CC2)oc1C(=O)O. The number of piperazine rings is 1. The zero-order chi connectivity index (χ0) is 13.8. The van der Waals surface area contributed by atoms with Gasteiger partial charge in [-0.2, -0.15) is 0 Å². The van der Waals surface area contributed by atoms with Gasteiger partial charge in [0.05, 0.1) is 13.2 Å². The number of carbonyl (C=O) groups is 1. The van der Waals surface area contributed by atoms with Crippen molar-refractivity contribution in [3.8, 4) is 0 Å². The second-order valence-corrected chi connectivity index (χ2v) is 4.87. The van der Waals surface area contributed by atoms with Crippen LogP contribution < -0.4 is 0 Å². The van der Waals surface area contributed by atoms with Crippen LogP contribution in [0.1, 0.15) is 21.9 Å². The monoisotopic (exact) mass is 268 g/mol. The number of aliphatic hydroxyl groups is 1. The molecule has 0 aliphatic carbocycles. The van der Waals surface area contributed by atoms with Crippen LogP contribution in [0.15, 0.2) is 10.5 Å². The first-order valence-electron chi connectivity index (χ1n) is 6.48. The summed E-state index contributed by atoms with van der Waals surface area (Å²) in [5.74, 6) is -0.282. The van der Waals surface area contributed by atoms with Crippen LogP contribution in [0.3, 0.4) is 0 Å². The highest BCUT2D eigenvalue weighted by atomic mass is 16.4. The quantitative estimate of drug-likeness (QED) is 0.805. The molecular formula is C13H20N2O4. The summed E-state index contributed by atoms with van der Waals surface area (Å²) in [7, 11) is 0. The lowest BCUT2D eigenvalue weighted by Crippen LogP contribution is -2.46. The number of furan rings is 1. The minimum Gasteiger partial charge on any atom is -0.475 e. The van der Waals surface area contributed by atoms with Crippen LogP contribution in [0, 0.1) is 6.92 Å². The van der Waals surface area contributed by atoms with Crippen LogP contribution in [0.25, 0.3) is 0 Å². The molecule has 1 aromatic rings. The summed E-state index contributed by atoms with van der Waals surface area (Å²) < 4.78 is 5.36. The van der Waals surface area contributed by atoms with Gasteiger partial charge in [0.1, 0.15) is 5.76 Å². The van der Waals surface area contributed by atoms with Crippen LogP contribution in [0.5, 0.6) is 0 Å². The summed E-state index contributed by atoms with van der Waals surface area (Å²) in [6.45, 7) is 6.95. The molecule has 6 heteroatoms. The summed E-state index contributed by atoms with van der Waals surface area (Å²) in [4.78, 5) is 15.4. The van der Waals surface area contributed by atoms with E-state index in [0.717, 1.165) is 32.7 Å². The highest BCUT2D eigenvalue weighted by Crippen LogP contribution is 2.17. The van der Waals surface area contributed by atoms with E-state index in [9.17, 15) is 4.79 Å². The van der Waals surface area contributed by atoms with Gasteiger partial charge in [-0.05, 0) is 13.0 Å². The van der Waals surface area contributed by atoms with Crippen LogP contribution >= 0.6 is 0 Å². The number of carboxylic acids is 1. The molecule has 1 saturated heterocycles. The number of hydrogen-bond donors (Lipinski definition) is 2. The van der Waals surface area contributed by atoms with Crippen molar-refractivity contribution < 1.29 is 19.4 Å². The van der Waals surface area contributed by atoms with Gasteiger partial charge in [-0.15, -0.1) is 0 Å². The van der Waals surface area contributed by atoms with E-state index in [4.69, 9.17) is 14.6 Å². The van der Waals surface area contributed by atoms with Crippen molar-refractivity contribution in [1.29, 1.82) is 0 Å². The Kier molecular flexibility index (Phi) is 4.57. The van der Waals surface area contributed by atoms with Gasteiger partial charge in [-0.3, -0.25) is 9.80 Å². The molecule has 2 rings (SSSR count). The topological polar surface area (TPSA) is 77.2 Å². The van der Waals surface area contributed by atoms with Crippen LogP contribution in [-0.2, 0) is 6.54 Å². The molecule has 0 amide bonds. The Morgan fingerprint density at radius 1 is 1.32 bits per heavy atom. The third-order valence-electron chi connectivity index (χ3n) is 3.42. The first-order valence-corrected chi connectivity index (χ1v) is 6.48. The zero-order valence-electron chi connectivity index (χ0n) is 11.1. The highest BCUT2D eigenvalue weighted by molar-refractivity contribution is 5.86. The Morgan fingerprint density at radius 2 is 1.95 bits per heavy atom. The number of aromatic carboxylic acids is 1. The zero-order valence-corrected chi connectivity index (χ0v) is 11.1. The number of β-amino-alcohol motifs (C(OH)–C–C–N with tert-alkyl or cyclic N) is 1. The molecule has 6 nitrogen and oxygen atoms in total. The standard InChI is InChI=1S/C13H20N2O4/c1-10-8-11(19-12(10)13(17)18)9-15-4-2-14(3-5-15)6-7-16/h8,16H,2-7,9H2,1H3,(H,17,18). The Hall–Kier alpha value is -1.37. The van der Waals surface area contributed by atoms with Crippen LogP contribution in [0.4, 0.5) is 0 Å². The molecule has 0 bridgehead atoms. The van der Waals surface area contributed by atoms with E-state index in [-0.39, 0.29) is 12.4 Å². The second-order valence-electron chi connectivity index (χ2n) is 4.87. The lowest BCUT2D eigenvalue weighted by molar-refractivity contribution is 0.0654. The van der Waals surface area contributed by atoms with E-state index in [0.29, 0.717) is 17.9 Å². The lowest BCUT2D eigenvalue weighted by atomic mass is 10.2. The van der Waals surface area contributed by atoms with Gasteiger partial charge in [0, 0.05) is 38.3 Å². The van der Waals surface area contributed by atoms with Crippen molar-refractivity contribution in [2.24, 2.45) is 0 Å². The fourth-order valence-electron chi connectivity index (χ4n) is 2.37. The maximum Gasteiger partial charge on any atom is 0.372 e. The van der Waals surface area contributed by atoms with Crippen molar-refractivity contribution in [3.63, 3.8) is 0 Å². The van der Waals surface area contributed by atoms with Crippen molar-refractivity contribution >= 4 is 5.97 Å². The molecule has 0 spiro atoms. The first-order chi connectivity index (χ1) is 9.10. The van der Waals surface area contributed by atoms with E-state index in [1.807, 2.05) is 0 Å². The first kappa shape index (κ1) is 14.0. The fraction of sp³-hybridized carbons (Fsp3) is 0.615. The van der Waals surface area contributed by atoms with E-state index in [2.05, 4.69) is 9.80 Å². The Labute approximate surface area is 112 Å². The highest BCUT2D eigenvalue weighted by Gasteiger charge is 2.19. The number of rotatable bonds is 5. The second kappa shape index (κ2) is 6.18. The number of aryl methyl sites for hydroxylation is 1. The van der Waals surface area contributed by atoms with Gasteiger partial charge >= 0.3 is 5.97 Å². The van der Waals surface area contributed by atoms with Gasteiger partial charge in [0.15, 0.2) is 0 Å². The molecule has 19 heavy (non-hydrogen) atoms. The summed E-state index contributed by atoms with van der Waals surface area (Å²) in [6.07, 6.45) is 0. The third-order valence-corrected chi connectivity index (χ3v) is 3.42. The van der Waals surface area contributed by atoms with Gasteiger partial charge in [0.2, 0.25) is 5.76 Å². The normalized spacial score (nSPS) is 17.8.